The van der Waals surface area contributed by atoms with Gasteiger partial charge in [-0.3, -0.25) is 4.79 Å². The molecule has 0 fully saturated rings. The normalized spacial score (nSPS) is 12.2. The number of para-hydroxylation sites is 1. The molecule has 0 aliphatic heterocycles. The summed E-state index contributed by atoms with van der Waals surface area (Å²) in [4.78, 5) is 12.7. The van der Waals surface area contributed by atoms with Crippen LogP contribution >= 0.6 is 0 Å². The van der Waals surface area contributed by atoms with E-state index in [1.165, 1.54) is 42.7 Å². The highest BCUT2D eigenvalue weighted by Gasteiger charge is 2.36. The second-order valence-electron chi connectivity index (χ2n) is 6.78. The van der Waals surface area contributed by atoms with E-state index in [-0.39, 0.29) is 28.7 Å². The first-order chi connectivity index (χ1) is 14.3. The van der Waals surface area contributed by atoms with Crippen molar-refractivity contribution in [1.82, 2.24) is 4.57 Å². The van der Waals surface area contributed by atoms with Gasteiger partial charge in [-0.15, -0.1) is 0 Å². The van der Waals surface area contributed by atoms with Crippen LogP contribution in [0.1, 0.15) is 32.9 Å². The van der Waals surface area contributed by atoms with Crippen LogP contribution < -0.4 is 5.32 Å². The molecule has 0 aliphatic carbocycles. The predicted octanol–water partition coefficient (Wildman–Crippen LogP) is 6.52. The smallest absolute Gasteiger partial charge is 0.321 e. The van der Waals surface area contributed by atoms with Crippen molar-refractivity contribution in [2.24, 2.45) is 0 Å². The maximum atomic E-state index is 13.4. The van der Waals surface area contributed by atoms with Gasteiger partial charge in [-0.2, -0.15) is 26.3 Å². The van der Waals surface area contributed by atoms with Gasteiger partial charge in [-0.05, 0) is 50.2 Å². The Hall–Kier alpha value is -3.30. The highest BCUT2D eigenvalue weighted by Crippen LogP contribution is 2.37. The first-order valence-electron chi connectivity index (χ1n) is 8.84. The molecule has 10 heteroatoms. The Bertz CT molecular complexity index is 1140. The number of amides is 1. The van der Waals surface area contributed by atoms with Crippen molar-refractivity contribution in [1.29, 1.82) is 0 Å². The van der Waals surface area contributed by atoms with E-state index in [2.05, 4.69) is 5.32 Å². The average Bonchev–Trinajstić information content (AvgIpc) is 2.96. The standard InChI is InChI=1S/C21H15F7N2O/c1-11-9-14(12(2)30(11)18-6-4-3-5-15(18)20(23,24)25)19(31)29-17-8-7-13(22)10-16(17)21(26,27)28/h3-10H,1-2H3,(H,29,31). The van der Waals surface area contributed by atoms with Gasteiger partial charge in [0.25, 0.3) is 5.91 Å². The van der Waals surface area contributed by atoms with Crippen LogP contribution in [0.5, 0.6) is 0 Å². The number of rotatable bonds is 3. The number of alkyl halides is 6. The quantitative estimate of drug-likeness (QED) is 0.459. The fourth-order valence-corrected chi connectivity index (χ4v) is 3.32. The molecule has 0 saturated carbocycles. The van der Waals surface area contributed by atoms with Gasteiger partial charge >= 0.3 is 12.4 Å². The minimum atomic E-state index is -4.92. The van der Waals surface area contributed by atoms with Gasteiger partial charge in [0.05, 0.1) is 28.1 Å². The van der Waals surface area contributed by atoms with Crippen molar-refractivity contribution in [3.63, 3.8) is 0 Å². The topological polar surface area (TPSA) is 34.0 Å². The van der Waals surface area contributed by atoms with Crippen LogP contribution in [0.2, 0.25) is 0 Å². The second-order valence-corrected chi connectivity index (χ2v) is 6.78. The van der Waals surface area contributed by atoms with E-state index in [0.29, 0.717) is 0 Å². The lowest BCUT2D eigenvalue weighted by Crippen LogP contribution is -2.18. The van der Waals surface area contributed by atoms with Gasteiger partial charge < -0.3 is 9.88 Å². The van der Waals surface area contributed by atoms with E-state index in [1.807, 2.05) is 0 Å². The van der Waals surface area contributed by atoms with Crippen molar-refractivity contribution in [2.75, 3.05) is 5.32 Å². The van der Waals surface area contributed by atoms with Gasteiger partial charge in [0.1, 0.15) is 5.82 Å². The fourth-order valence-electron chi connectivity index (χ4n) is 3.32. The summed E-state index contributed by atoms with van der Waals surface area (Å²) in [5.41, 5.74) is -2.94. The predicted molar refractivity (Wildman–Crippen MR) is 99.6 cm³/mol. The van der Waals surface area contributed by atoms with E-state index >= 15 is 0 Å². The molecule has 3 aromatic rings. The molecule has 0 atom stereocenters. The zero-order valence-corrected chi connectivity index (χ0v) is 16.1. The summed E-state index contributed by atoms with van der Waals surface area (Å²) in [7, 11) is 0. The fraction of sp³-hybridized carbons (Fsp3) is 0.190. The lowest BCUT2D eigenvalue weighted by molar-refractivity contribution is -0.138. The molecular weight excluding hydrogens is 429 g/mol. The van der Waals surface area contributed by atoms with Crippen molar-refractivity contribution >= 4 is 11.6 Å². The molecule has 0 saturated heterocycles. The molecule has 1 amide bonds. The Balaban J connectivity index is 2.05. The molecule has 1 N–H and O–H groups in total. The summed E-state index contributed by atoms with van der Waals surface area (Å²) in [5.74, 6) is -2.10. The average molecular weight is 444 g/mol. The van der Waals surface area contributed by atoms with Gasteiger partial charge in [0, 0.05) is 11.4 Å². The molecule has 31 heavy (non-hydrogen) atoms. The Labute approximate surface area is 172 Å². The molecule has 0 spiro atoms. The number of hydrogen-bond donors (Lipinski definition) is 1. The van der Waals surface area contributed by atoms with Crippen LogP contribution in [0.25, 0.3) is 5.69 Å². The van der Waals surface area contributed by atoms with Crippen LogP contribution in [0.4, 0.5) is 36.4 Å². The maximum absolute atomic E-state index is 13.4. The molecular formula is C21H15F7N2O. The molecule has 164 valence electrons. The Kier molecular flexibility index (Phi) is 5.60. The van der Waals surface area contributed by atoms with Crippen molar-refractivity contribution in [3.05, 3.63) is 82.4 Å². The largest absolute Gasteiger partial charge is 0.418 e. The molecule has 1 aromatic heterocycles. The maximum Gasteiger partial charge on any atom is 0.418 e. The number of halogens is 7. The summed E-state index contributed by atoms with van der Waals surface area (Å²) >= 11 is 0. The second kappa shape index (κ2) is 7.75. The summed E-state index contributed by atoms with van der Waals surface area (Å²) in [6.07, 6.45) is -9.58. The third-order valence-electron chi connectivity index (χ3n) is 4.66. The van der Waals surface area contributed by atoms with Gasteiger partial charge in [-0.1, -0.05) is 12.1 Å². The van der Waals surface area contributed by atoms with Gasteiger partial charge in [0.2, 0.25) is 0 Å². The molecule has 0 unspecified atom stereocenters. The van der Waals surface area contributed by atoms with Gasteiger partial charge in [0.15, 0.2) is 0 Å². The van der Waals surface area contributed by atoms with Crippen molar-refractivity contribution < 1.29 is 35.5 Å². The zero-order valence-electron chi connectivity index (χ0n) is 16.1. The van der Waals surface area contributed by atoms with E-state index < -0.39 is 40.9 Å². The number of hydrogen-bond acceptors (Lipinski definition) is 1. The molecule has 2 aromatic carbocycles. The SMILES string of the molecule is Cc1cc(C(=O)Nc2ccc(F)cc2C(F)(F)F)c(C)n1-c1ccccc1C(F)(F)F. The molecule has 1 heterocycles. The highest BCUT2D eigenvalue weighted by atomic mass is 19.4. The number of carbonyl (C=O) groups excluding carboxylic acids is 1. The summed E-state index contributed by atoms with van der Waals surface area (Å²) in [6, 6.07) is 7.79. The number of nitrogens with zero attached hydrogens (tertiary/aromatic N) is 1. The third-order valence-corrected chi connectivity index (χ3v) is 4.66. The van der Waals surface area contributed by atoms with Crippen molar-refractivity contribution in [2.45, 2.75) is 26.2 Å². The first kappa shape index (κ1) is 22.4. The van der Waals surface area contributed by atoms with Crippen molar-refractivity contribution in [3.8, 4) is 5.69 Å². The number of nitrogens with one attached hydrogen (secondary N) is 1. The Morgan fingerprint density at radius 2 is 1.48 bits per heavy atom. The molecule has 3 rings (SSSR count). The van der Waals surface area contributed by atoms with Crippen LogP contribution in [-0.2, 0) is 12.4 Å². The summed E-state index contributed by atoms with van der Waals surface area (Å²) in [5, 5.41) is 2.08. The van der Waals surface area contributed by atoms with E-state index in [1.54, 1.807) is 0 Å². The summed E-state index contributed by atoms with van der Waals surface area (Å²) < 4.78 is 94.2. The Morgan fingerprint density at radius 1 is 0.871 bits per heavy atom. The number of anilines is 1. The lowest BCUT2D eigenvalue weighted by Gasteiger charge is -2.17. The van der Waals surface area contributed by atoms with E-state index in [4.69, 9.17) is 0 Å². The Morgan fingerprint density at radius 3 is 2.10 bits per heavy atom. The van der Waals surface area contributed by atoms with Gasteiger partial charge in [-0.25, -0.2) is 4.39 Å². The summed E-state index contributed by atoms with van der Waals surface area (Å²) in [6.45, 7) is 2.85. The number of carbonyl (C=O) groups is 1. The minimum Gasteiger partial charge on any atom is -0.321 e. The molecule has 3 nitrogen and oxygen atoms in total. The first-order valence-corrected chi connectivity index (χ1v) is 8.84. The number of benzene rings is 2. The van der Waals surface area contributed by atoms with Crippen LogP contribution in [0, 0.1) is 19.7 Å². The molecule has 0 bridgehead atoms. The lowest BCUT2D eigenvalue weighted by atomic mass is 10.1. The minimum absolute atomic E-state index is 0.0994. The molecule has 0 radical (unpaired) electrons. The van der Waals surface area contributed by atoms with Crippen LogP contribution in [-0.4, -0.2) is 10.5 Å². The highest BCUT2D eigenvalue weighted by molar-refractivity contribution is 6.05. The van der Waals surface area contributed by atoms with Crippen LogP contribution in [0.15, 0.2) is 48.5 Å². The third kappa shape index (κ3) is 4.42. The van der Waals surface area contributed by atoms with E-state index in [0.717, 1.165) is 18.2 Å². The zero-order chi connectivity index (χ0) is 23.1. The number of aryl methyl sites for hydroxylation is 1. The monoisotopic (exact) mass is 444 g/mol. The van der Waals surface area contributed by atoms with Crippen LogP contribution in [0.3, 0.4) is 0 Å². The molecule has 0 aliphatic rings. The number of aromatic nitrogens is 1. The van der Waals surface area contributed by atoms with E-state index in [9.17, 15) is 35.5 Å².